The van der Waals surface area contributed by atoms with Crippen LogP contribution in [0.2, 0.25) is 0 Å². The van der Waals surface area contributed by atoms with E-state index in [2.05, 4.69) is 9.71 Å². The van der Waals surface area contributed by atoms with Crippen molar-refractivity contribution in [1.29, 1.82) is 0 Å². The summed E-state index contributed by atoms with van der Waals surface area (Å²) >= 11 is 1.32. The Morgan fingerprint density at radius 1 is 1.28 bits per heavy atom. The molecule has 0 aliphatic heterocycles. The van der Waals surface area contributed by atoms with Crippen LogP contribution in [0.1, 0.15) is 16.7 Å². The van der Waals surface area contributed by atoms with Crippen molar-refractivity contribution in [2.24, 2.45) is 5.14 Å². The van der Waals surface area contributed by atoms with Gasteiger partial charge in [0.15, 0.2) is 10.2 Å². The zero-order valence-corrected chi connectivity index (χ0v) is 21.8. The fourth-order valence-corrected chi connectivity index (χ4v) is 4.02. The van der Waals surface area contributed by atoms with Gasteiger partial charge in [-0.05, 0) is 30.2 Å². The molecule has 2 heterocycles. The molecule has 0 fully saturated rings. The van der Waals surface area contributed by atoms with Gasteiger partial charge in [0, 0.05) is 35.0 Å². The van der Waals surface area contributed by atoms with Crippen LogP contribution in [0.25, 0.3) is 15.7 Å². The summed E-state index contributed by atoms with van der Waals surface area (Å²) in [7, 11) is -4.27. The first-order valence-corrected chi connectivity index (χ1v) is 11.3. The number of aryl methyl sites for hydroxylation is 1. The average molecular weight is 500 g/mol. The van der Waals surface area contributed by atoms with E-state index < -0.39 is 27.3 Å². The maximum atomic E-state index is 14.7. The molecule has 12 heteroatoms. The molecule has 8 nitrogen and oxygen atoms in total. The van der Waals surface area contributed by atoms with E-state index >= 15 is 0 Å². The van der Waals surface area contributed by atoms with Gasteiger partial charge in [-0.25, -0.2) is 27.7 Å². The summed E-state index contributed by atoms with van der Waals surface area (Å²) in [5.74, 6) is -0.413. The van der Waals surface area contributed by atoms with Gasteiger partial charge in [-0.3, -0.25) is 0 Å². The minimum atomic E-state index is -4.27. The first-order valence-electron chi connectivity index (χ1n) is 8.88. The molecule has 0 amide bonds. The SMILES string of the molecule is Cc1c(Cc2cccc([N-]S(N)(=O)=O)c2F)c(=O)oc2cc(Oc3nccs3)ccc12.[K+]. The third-order valence-corrected chi connectivity index (χ3v) is 5.62. The van der Waals surface area contributed by atoms with Crippen LogP contribution < -0.4 is 66.9 Å². The Bertz CT molecular complexity index is 1440. The van der Waals surface area contributed by atoms with Gasteiger partial charge in [0.05, 0.1) is 0 Å². The van der Waals surface area contributed by atoms with Crippen LogP contribution in [-0.2, 0) is 16.6 Å². The summed E-state index contributed by atoms with van der Waals surface area (Å²) in [5.41, 5.74) is 0.200. The average Bonchev–Trinajstić information content (AvgIpc) is 3.19. The molecule has 0 radical (unpaired) electrons. The Labute approximate surface area is 229 Å². The van der Waals surface area contributed by atoms with E-state index in [1.54, 1.807) is 36.7 Å². The Morgan fingerprint density at radius 2 is 2.06 bits per heavy atom. The molecule has 0 atom stereocenters. The molecule has 0 saturated carbocycles. The van der Waals surface area contributed by atoms with Gasteiger partial charge >= 0.3 is 57.0 Å². The second kappa shape index (κ2) is 10.1. The molecule has 0 aliphatic rings. The van der Waals surface area contributed by atoms with Crippen molar-refractivity contribution < 1.29 is 73.3 Å². The zero-order valence-electron chi connectivity index (χ0n) is 17.0. The molecule has 2 aromatic heterocycles. The third-order valence-electron chi connectivity index (χ3n) is 4.52. The van der Waals surface area contributed by atoms with E-state index in [9.17, 15) is 17.6 Å². The quantitative estimate of drug-likeness (QED) is 0.315. The molecule has 0 saturated heterocycles. The molecular formula is C20H15FKN3O5S2. The van der Waals surface area contributed by atoms with Crippen molar-refractivity contribution in [2.75, 3.05) is 0 Å². The van der Waals surface area contributed by atoms with Crippen molar-refractivity contribution >= 4 is 38.2 Å². The summed E-state index contributed by atoms with van der Waals surface area (Å²) in [5, 5.41) is 7.75. The van der Waals surface area contributed by atoms with Crippen LogP contribution in [0.5, 0.6) is 10.9 Å². The van der Waals surface area contributed by atoms with E-state index in [-0.39, 0.29) is 68.9 Å². The van der Waals surface area contributed by atoms with E-state index in [4.69, 9.17) is 14.3 Å². The number of nitrogens with two attached hydrogens (primary N) is 1. The van der Waals surface area contributed by atoms with Gasteiger partial charge in [-0.1, -0.05) is 35.2 Å². The number of rotatable bonds is 6. The first kappa shape index (κ1) is 25.0. The Hall–Kier alpha value is -1.64. The van der Waals surface area contributed by atoms with Crippen LogP contribution in [-0.4, -0.2) is 13.4 Å². The Kier molecular flexibility index (Phi) is 7.88. The van der Waals surface area contributed by atoms with Crippen molar-refractivity contribution in [3.05, 3.63) is 85.6 Å². The summed E-state index contributed by atoms with van der Waals surface area (Å²) in [6.07, 6.45) is 1.50. The molecule has 4 aromatic rings. The Balaban J connectivity index is 0.00000289. The number of aromatic nitrogens is 1. The summed E-state index contributed by atoms with van der Waals surface area (Å²) in [4.78, 5) is 16.7. The van der Waals surface area contributed by atoms with Crippen molar-refractivity contribution in [3.8, 4) is 10.9 Å². The van der Waals surface area contributed by atoms with Gasteiger partial charge in [0.25, 0.3) is 5.19 Å². The minimum absolute atomic E-state index is 0. The second-order valence-electron chi connectivity index (χ2n) is 6.58. The second-order valence-corrected chi connectivity index (χ2v) is 8.65. The normalized spacial score (nSPS) is 11.2. The molecule has 2 N–H and O–H groups in total. The number of hydrogen-bond acceptors (Lipinski definition) is 7. The molecule has 160 valence electrons. The van der Waals surface area contributed by atoms with Gasteiger partial charge in [0.1, 0.15) is 17.1 Å². The molecule has 0 spiro atoms. The van der Waals surface area contributed by atoms with Crippen molar-refractivity contribution in [1.82, 2.24) is 4.98 Å². The molecule has 0 aliphatic carbocycles. The molecular weight excluding hydrogens is 484 g/mol. The summed E-state index contributed by atoms with van der Waals surface area (Å²) < 4.78 is 51.3. The van der Waals surface area contributed by atoms with Crippen LogP contribution in [0.3, 0.4) is 0 Å². The van der Waals surface area contributed by atoms with Crippen LogP contribution in [0.4, 0.5) is 10.1 Å². The van der Waals surface area contributed by atoms with E-state index in [0.717, 1.165) is 0 Å². The maximum absolute atomic E-state index is 14.7. The monoisotopic (exact) mass is 499 g/mol. The van der Waals surface area contributed by atoms with Gasteiger partial charge in [-0.2, -0.15) is 0 Å². The largest absolute Gasteiger partial charge is 1.00 e. The van der Waals surface area contributed by atoms with E-state index in [1.165, 1.54) is 29.5 Å². The first-order chi connectivity index (χ1) is 14.7. The molecule has 2 aromatic carbocycles. The number of ether oxygens (including phenoxy) is 1. The number of benzene rings is 2. The smallest absolute Gasteiger partial charge is 0.562 e. The number of hydrogen-bond donors (Lipinski definition) is 1. The van der Waals surface area contributed by atoms with Crippen LogP contribution in [0.15, 0.2) is 57.2 Å². The fourth-order valence-electron chi connectivity index (χ4n) is 3.10. The predicted octanol–water partition coefficient (Wildman–Crippen LogP) is 1.29. The van der Waals surface area contributed by atoms with E-state index in [0.29, 0.717) is 27.5 Å². The van der Waals surface area contributed by atoms with Gasteiger partial charge < -0.3 is 13.9 Å². The molecule has 32 heavy (non-hydrogen) atoms. The number of fused-ring (bicyclic) bond motifs is 1. The van der Waals surface area contributed by atoms with Crippen LogP contribution in [0, 0.1) is 12.7 Å². The van der Waals surface area contributed by atoms with Crippen molar-refractivity contribution in [2.45, 2.75) is 13.3 Å². The summed E-state index contributed by atoms with van der Waals surface area (Å²) in [6.45, 7) is 1.73. The molecule has 4 rings (SSSR count). The van der Waals surface area contributed by atoms with Crippen LogP contribution >= 0.6 is 11.3 Å². The fraction of sp³-hybridized carbons (Fsp3) is 0.100. The summed E-state index contributed by atoms with van der Waals surface area (Å²) in [6, 6.07) is 9.09. The minimum Gasteiger partial charge on any atom is -0.562 e. The Morgan fingerprint density at radius 3 is 2.75 bits per heavy atom. The number of thiazole rings is 1. The maximum Gasteiger partial charge on any atom is 1.00 e. The van der Waals surface area contributed by atoms with Crippen molar-refractivity contribution in [3.63, 3.8) is 0 Å². The molecule has 0 bridgehead atoms. The predicted molar refractivity (Wildman–Crippen MR) is 115 cm³/mol. The van der Waals surface area contributed by atoms with Gasteiger partial charge in [-0.15, -0.1) is 0 Å². The number of nitrogens with zero attached hydrogens (tertiary/aromatic N) is 2. The van der Waals surface area contributed by atoms with E-state index in [1.807, 2.05) is 0 Å². The topological polar surface area (TPSA) is 127 Å². The number of halogens is 1. The standard InChI is InChI=1S/C20H15FN3O5S2.K/c1-11-14-6-5-13(28-20-23-7-8-30-20)10-17(14)29-19(25)15(11)9-12-3-2-4-16(18(12)21)24-31(22,26)27;/h2-8,10H,9H2,1H3,(H2,22,26,27);/q-1;+1. The molecule has 0 unspecified atom stereocenters. The zero-order chi connectivity index (χ0) is 22.2. The van der Waals surface area contributed by atoms with Gasteiger partial charge in [0.2, 0.25) is 0 Å². The third kappa shape index (κ3) is 5.64.